The first-order valence-corrected chi connectivity index (χ1v) is 25.3. The summed E-state index contributed by atoms with van der Waals surface area (Å²) in [5.74, 6) is -3.67. The molecule has 8 rings (SSSR count). The van der Waals surface area contributed by atoms with Gasteiger partial charge in [-0.25, -0.2) is 49.4 Å². The highest BCUT2D eigenvalue weighted by molar-refractivity contribution is 7.92. The van der Waals surface area contributed by atoms with Crippen molar-refractivity contribution in [1.29, 1.82) is 0 Å². The minimum absolute atomic E-state index is 0.000408. The van der Waals surface area contributed by atoms with E-state index in [1.165, 1.54) is 22.3 Å². The van der Waals surface area contributed by atoms with Gasteiger partial charge in [-0.1, -0.05) is 29.6 Å². The zero-order chi connectivity index (χ0) is 49.3. The number of sulfonamides is 2. The van der Waals surface area contributed by atoms with E-state index in [0.717, 1.165) is 67.9 Å². The van der Waals surface area contributed by atoms with Gasteiger partial charge in [0, 0.05) is 47.2 Å². The van der Waals surface area contributed by atoms with E-state index in [1.807, 2.05) is 24.6 Å². The minimum atomic E-state index is -3.78. The van der Waals surface area contributed by atoms with E-state index in [0.29, 0.717) is 58.9 Å². The number of aromatic amines is 2. The number of anilines is 2. The summed E-state index contributed by atoms with van der Waals surface area (Å²) in [4.78, 5) is 59.5. The molecule has 2 aromatic carbocycles. The van der Waals surface area contributed by atoms with Crippen molar-refractivity contribution in [2.45, 2.75) is 78.3 Å². The molecule has 1 amide bonds. The number of carbonyl (C=O) groups excluding carboxylic acids is 1. The lowest BCUT2D eigenvalue weighted by atomic mass is 9.98. The predicted octanol–water partition coefficient (Wildman–Crippen LogP) is 6.17. The van der Waals surface area contributed by atoms with Gasteiger partial charge in [0.25, 0.3) is 17.0 Å². The maximum Gasteiger partial charge on any atom is 0.337 e. The molecule has 2 atom stereocenters. The summed E-state index contributed by atoms with van der Waals surface area (Å²) in [5.41, 5.74) is 3.99. The van der Waals surface area contributed by atoms with Gasteiger partial charge in [-0.3, -0.25) is 34.0 Å². The number of nitrogens with one attached hydrogen (secondary N) is 5. The Morgan fingerprint density at radius 2 is 1.19 bits per heavy atom. The Morgan fingerprint density at radius 1 is 0.716 bits per heavy atom. The Morgan fingerprint density at radius 3 is 1.69 bits per heavy atom. The third-order valence-corrected chi connectivity index (χ3v) is 12.9. The number of hydrogen-bond acceptors (Lipinski definition) is 11. The lowest BCUT2D eigenvalue weighted by Gasteiger charge is -2.35. The van der Waals surface area contributed by atoms with Crippen molar-refractivity contribution in [3.63, 3.8) is 0 Å². The van der Waals surface area contributed by atoms with Gasteiger partial charge in [0.05, 0.1) is 62.5 Å². The van der Waals surface area contributed by atoms with Crippen LogP contribution in [0.1, 0.15) is 105 Å². The Kier molecular flexibility index (Phi) is 15.2. The van der Waals surface area contributed by atoms with Gasteiger partial charge < -0.3 is 15.3 Å². The Balaban J connectivity index is 0.000000183. The van der Waals surface area contributed by atoms with E-state index in [1.54, 1.807) is 24.4 Å². The number of aromatic carboxylic acids is 1. The average molecular weight is 1010 g/mol. The van der Waals surface area contributed by atoms with E-state index in [4.69, 9.17) is 28.3 Å². The molecule has 0 unspecified atom stereocenters. The lowest BCUT2D eigenvalue weighted by molar-refractivity contribution is 0.0605. The highest BCUT2D eigenvalue weighted by Gasteiger charge is 2.33. The molecule has 0 spiro atoms. The van der Waals surface area contributed by atoms with Crippen molar-refractivity contribution >= 4 is 77.8 Å². The van der Waals surface area contributed by atoms with Gasteiger partial charge in [0.2, 0.25) is 20.0 Å². The van der Waals surface area contributed by atoms with Crippen molar-refractivity contribution in [2.24, 2.45) is 0 Å². The largest absolute Gasteiger partial charge is 0.478 e. The van der Waals surface area contributed by atoms with Crippen molar-refractivity contribution in [2.75, 3.05) is 35.0 Å². The van der Waals surface area contributed by atoms with Gasteiger partial charge in [-0.2, -0.15) is 0 Å². The SMILES string of the molecule is CS(=O)(=O)Nc1c(Cl)cc(F)cc1C(=O)O.Cc1nc2cc([C@@H]3CCCCN3)[nH]n2c(=O)c1C.Cc1nc2cc([C@@H]3CCCCN3C(=O)c3cc(F)cc(Cl)c3NS(C)(=O)=O)[nH]n2c(=O)c1C. The number of rotatable bonds is 8. The number of amides is 1. The summed E-state index contributed by atoms with van der Waals surface area (Å²) < 4.78 is 79.6. The van der Waals surface area contributed by atoms with Crippen LogP contribution < -0.4 is 25.9 Å². The number of likely N-dealkylation sites (tertiary alicyclic amines) is 1. The zero-order valence-corrected chi connectivity index (χ0v) is 40.2. The maximum atomic E-state index is 14.2. The summed E-state index contributed by atoms with van der Waals surface area (Å²) >= 11 is 11.6. The Bertz CT molecular complexity index is 3260. The summed E-state index contributed by atoms with van der Waals surface area (Å²) in [5, 5.41) is 17.9. The molecule has 2 saturated heterocycles. The van der Waals surface area contributed by atoms with Gasteiger partial charge in [-0.05, 0) is 90.6 Å². The fraction of sp³-hybridized carbons (Fsp3) is 0.381. The summed E-state index contributed by atoms with van der Waals surface area (Å²) in [6, 6.07) is 7.00. The van der Waals surface area contributed by atoms with Crippen LogP contribution in [-0.2, 0) is 20.0 Å². The van der Waals surface area contributed by atoms with E-state index >= 15 is 0 Å². The first kappa shape index (κ1) is 50.5. The van der Waals surface area contributed by atoms with Gasteiger partial charge in [0.1, 0.15) is 11.6 Å². The fourth-order valence-corrected chi connectivity index (χ4v) is 9.46. The Hall–Kier alpha value is -5.88. The highest BCUT2D eigenvalue weighted by atomic mass is 35.5. The van der Waals surface area contributed by atoms with Gasteiger partial charge >= 0.3 is 5.97 Å². The second-order valence-corrected chi connectivity index (χ2v) is 20.6. The first-order valence-electron chi connectivity index (χ1n) is 20.7. The molecule has 4 aromatic heterocycles. The lowest BCUT2D eigenvalue weighted by Crippen LogP contribution is -2.39. The fourth-order valence-electron chi connectivity index (χ4n) is 7.66. The summed E-state index contributed by atoms with van der Waals surface area (Å²) in [7, 11) is -7.46. The van der Waals surface area contributed by atoms with Crippen LogP contribution in [0.25, 0.3) is 11.3 Å². The normalized spacial score (nSPS) is 16.5. The molecule has 2 aliphatic heterocycles. The van der Waals surface area contributed by atoms with Crippen LogP contribution in [0.2, 0.25) is 10.0 Å². The number of H-pyrrole nitrogens is 2. The number of benzene rings is 2. The third kappa shape index (κ3) is 11.8. The minimum Gasteiger partial charge on any atom is -0.478 e. The second kappa shape index (κ2) is 20.1. The highest BCUT2D eigenvalue weighted by Crippen LogP contribution is 2.36. The number of halogens is 4. The van der Waals surface area contributed by atoms with Crippen molar-refractivity contribution in [1.82, 2.24) is 39.4 Å². The summed E-state index contributed by atoms with van der Waals surface area (Å²) in [6.07, 6.45) is 7.48. The molecule has 6 aromatic rings. The molecule has 67 heavy (non-hydrogen) atoms. The van der Waals surface area contributed by atoms with Crippen LogP contribution in [0.5, 0.6) is 0 Å². The van der Waals surface area contributed by atoms with Gasteiger partial charge in [0.15, 0.2) is 11.3 Å². The van der Waals surface area contributed by atoms with Crippen molar-refractivity contribution in [3.8, 4) is 0 Å². The van der Waals surface area contributed by atoms with E-state index in [-0.39, 0.29) is 38.1 Å². The van der Waals surface area contributed by atoms with Crippen LogP contribution in [-0.4, -0.2) is 93.5 Å². The Labute approximate surface area is 393 Å². The topological polar surface area (TPSA) is 262 Å². The zero-order valence-electron chi connectivity index (χ0n) is 37.1. The van der Waals surface area contributed by atoms with Crippen LogP contribution in [0.15, 0.2) is 46.0 Å². The molecule has 19 nitrogen and oxygen atoms in total. The van der Waals surface area contributed by atoms with E-state index in [9.17, 15) is 44.8 Å². The van der Waals surface area contributed by atoms with Crippen LogP contribution in [0.4, 0.5) is 20.2 Å². The predicted molar refractivity (Wildman–Crippen MR) is 250 cm³/mol. The van der Waals surface area contributed by atoms with E-state index < -0.39 is 55.2 Å². The maximum absolute atomic E-state index is 14.2. The number of carboxylic acid groups (broad SMARTS) is 1. The second-order valence-electron chi connectivity index (χ2n) is 16.3. The monoisotopic (exact) mass is 1010 g/mol. The molecule has 0 aliphatic carbocycles. The molecular weight excluding hydrogens is 962 g/mol. The molecule has 360 valence electrons. The molecule has 0 saturated carbocycles. The number of piperidine rings is 2. The molecule has 6 N–H and O–H groups in total. The molecule has 0 bridgehead atoms. The summed E-state index contributed by atoms with van der Waals surface area (Å²) in [6.45, 7) is 8.55. The quantitative estimate of drug-likeness (QED) is 0.1000. The standard InChI is InChI=1S/C21H23ClFN5O4S.C13H18N4O.C8H7ClFNO4S/c1-11-12(2)24-18-10-16(25-28(18)20(11)29)17-6-4-5-7-27(17)21(30)14-8-13(23)9-15(22)19(14)26-33(3,31)32;1-8-9(2)15-12-7-11(16-17(12)13(8)18)10-5-3-4-6-14-10;1-16(14,15)11-7-5(8(12)13)2-4(10)3-6(7)9/h8-10,17,25-26H,4-7H2,1-3H3;7,10,14,16H,3-6H2,1-2H3;2-3,11H,1H3,(H,12,13)/t17-;10-;/m00./s1. The molecule has 0 radical (unpaired) electrons. The van der Waals surface area contributed by atoms with Crippen molar-refractivity contribution in [3.05, 3.63) is 124 Å². The molecule has 2 aliphatic rings. The van der Waals surface area contributed by atoms with Crippen LogP contribution in [0.3, 0.4) is 0 Å². The number of aromatic nitrogens is 6. The number of carbonyl (C=O) groups is 2. The molecule has 2 fully saturated rings. The molecule has 6 heterocycles. The van der Waals surface area contributed by atoms with Crippen LogP contribution in [0, 0.1) is 39.3 Å². The number of carboxylic acids is 1. The molecule has 25 heteroatoms. The number of hydrogen-bond donors (Lipinski definition) is 6. The first-order chi connectivity index (χ1) is 31.3. The molecular formula is C42H48Cl2F2N10O9S2. The average Bonchev–Trinajstić information content (AvgIpc) is 3.88. The van der Waals surface area contributed by atoms with Crippen LogP contribution >= 0.6 is 23.2 Å². The van der Waals surface area contributed by atoms with Gasteiger partial charge in [-0.15, -0.1) is 0 Å². The number of fused-ring (bicyclic) bond motifs is 2. The number of nitrogens with zero attached hydrogens (tertiary/aromatic N) is 5. The number of aryl methyl sites for hydroxylation is 2. The third-order valence-electron chi connectivity index (χ3n) is 11.2. The van der Waals surface area contributed by atoms with Crippen molar-refractivity contribution < 1.29 is 40.3 Å². The smallest absolute Gasteiger partial charge is 0.337 e. The van der Waals surface area contributed by atoms with E-state index in [2.05, 4.69) is 30.2 Å².